The minimum atomic E-state index is -1.25. The summed E-state index contributed by atoms with van der Waals surface area (Å²) in [6.45, 7) is 0. The van der Waals surface area contributed by atoms with E-state index in [0.717, 1.165) is 41.3 Å². The second-order valence-electron chi connectivity index (χ2n) is 9.35. The molecule has 2 aliphatic rings. The lowest BCUT2D eigenvalue weighted by Gasteiger charge is -2.32. The molecule has 2 N–H and O–H groups in total. The van der Waals surface area contributed by atoms with Gasteiger partial charge < -0.3 is 15.4 Å². The number of nitrogens with one attached hydrogen (secondary N) is 2. The smallest absolute Gasteiger partial charge is 0.393 e. The van der Waals surface area contributed by atoms with Gasteiger partial charge in [-0.3, -0.25) is 9.36 Å². The number of carbonyl (C=O) groups excluding carboxylic acids is 2. The highest BCUT2D eigenvalue weighted by atomic mass is 35.5. The third kappa shape index (κ3) is 3.81. The Labute approximate surface area is 218 Å². The van der Waals surface area contributed by atoms with Crippen molar-refractivity contribution in [3.63, 3.8) is 0 Å². The fraction of sp³-hybridized carbons (Fsp3) is 0.214. The van der Waals surface area contributed by atoms with Gasteiger partial charge in [0.25, 0.3) is 5.91 Å². The van der Waals surface area contributed by atoms with Gasteiger partial charge in [-0.1, -0.05) is 59.6 Å². The molecule has 0 radical (unpaired) electrons. The molecule has 0 saturated heterocycles. The Balaban J connectivity index is 1.57. The first-order valence-corrected chi connectivity index (χ1v) is 12.6. The van der Waals surface area contributed by atoms with Gasteiger partial charge in [0.15, 0.2) is 5.54 Å². The molecule has 1 fully saturated rings. The molecule has 1 saturated carbocycles. The monoisotopic (exact) mass is 519 g/mol. The van der Waals surface area contributed by atoms with Crippen LogP contribution in [0.1, 0.15) is 30.4 Å². The molecule has 182 valence electrons. The Hall–Kier alpha value is -3.48. The van der Waals surface area contributed by atoms with E-state index >= 15 is 0 Å². The van der Waals surface area contributed by atoms with Crippen LogP contribution in [0.5, 0.6) is 5.88 Å². The first-order chi connectivity index (χ1) is 17.4. The molecule has 2 heterocycles. The molecule has 0 bridgehead atoms. The largest absolute Gasteiger partial charge is 0.414 e. The lowest BCUT2D eigenvalue weighted by molar-refractivity contribution is -0.121. The minimum absolute atomic E-state index is 0.119. The van der Waals surface area contributed by atoms with Crippen molar-refractivity contribution in [1.82, 2.24) is 9.88 Å². The highest BCUT2D eigenvalue weighted by molar-refractivity contribution is 6.31. The molecular formula is C28H23Cl2N3O3. The van der Waals surface area contributed by atoms with Crippen LogP contribution < -0.4 is 15.4 Å². The third-order valence-electron chi connectivity index (χ3n) is 7.08. The highest BCUT2D eigenvalue weighted by Crippen LogP contribution is 2.47. The zero-order valence-corrected chi connectivity index (χ0v) is 20.8. The van der Waals surface area contributed by atoms with Crippen molar-refractivity contribution in [2.24, 2.45) is 0 Å². The van der Waals surface area contributed by atoms with Gasteiger partial charge in [-0.15, -0.1) is 0 Å². The minimum Gasteiger partial charge on any atom is -0.393 e. The summed E-state index contributed by atoms with van der Waals surface area (Å²) in [5.74, 6) is 0.0401. The van der Waals surface area contributed by atoms with Crippen molar-refractivity contribution in [2.75, 3.05) is 5.32 Å². The van der Waals surface area contributed by atoms with Gasteiger partial charge in [0, 0.05) is 45.2 Å². The van der Waals surface area contributed by atoms with Gasteiger partial charge >= 0.3 is 6.09 Å². The molecule has 1 aromatic heterocycles. The van der Waals surface area contributed by atoms with Gasteiger partial charge in [0.1, 0.15) is 0 Å². The summed E-state index contributed by atoms with van der Waals surface area (Å²) >= 11 is 12.6. The van der Waals surface area contributed by atoms with Crippen LogP contribution in [-0.4, -0.2) is 22.6 Å². The summed E-state index contributed by atoms with van der Waals surface area (Å²) in [5, 5.41) is 7.88. The van der Waals surface area contributed by atoms with E-state index < -0.39 is 11.6 Å². The lowest BCUT2D eigenvalue weighted by atomic mass is 9.84. The number of nitrogens with zero attached hydrogens (tertiary/aromatic N) is 1. The standard InChI is InChI=1S/C28H23Cl2N3O3/c29-19-7-3-5-17(13-19)16-28(22-12-11-20(30)15-23(22)32-26(28)34)33-24-10-2-1-6-18(24)14-25(33)36-27(35)31-21-8-4-9-21/h1-3,5-7,10-15,21H,4,8-9,16H2,(H,31,35)(H,32,34). The molecule has 1 unspecified atom stereocenters. The predicted octanol–water partition coefficient (Wildman–Crippen LogP) is 6.53. The van der Waals surface area contributed by atoms with E-state index in [4.69, 9.17) is 27.9 Å². The number of hydrogen-bond acceptors (Lipinski definition) is 3. The van der Waals surface area contributed by atoms with Crippen molar-refractivity contribution in [1.29, 1.82) is 0 Å². The topological polar surface area (TPSA) is 72.4 Å². The first-order valence-electron chi connectivity index (χ1n) is 11.9. The lowest BCUT2D eigenvalue weighted by Crippen LogP contribution is -2.45. The predicted molar refractivity (Wildman–Crippen MR) is 141 cm³/mol. The van der Waals surface area contributed by atoms with E-state index in [-0.39, 0.29) is 24.2 Å². The Kier molecular flexibility index (Phi) is 5.66. The number of carbonyl (C=O) groups is 2. The Morgan fingerprint density at radius 3 is 2.61 bits per heavy atom. The number of benzene rings is 3. The van der Waals surface area contributed by atoms with Crippen molar-refractivity contribution >= 4 is 51.8 Å². The third-order valence-corrected chi connectivity index (χ3v) is 7.55. The Bertz CT molecular complexity index is 1510. The Morgan fingerprint density at radius 2 is 1.83 bits per heavy atom. The number of anilines is 1. The van der Waals surface area contributed by atoms with Crippen LogP contribution >= 0.6 is 23.2 Å². The number of hydrogen-bond donors (Lipinski definition) is 2. The van der Waals surface area contributed by atoms with Gasteiger partial charge in [-0.2, -0.15) is 0 Å². The fourth-order valence-electron chi connectivity index (χ4n) is 5.19. The molecule has 36 heavy (non-hydrogen) atoms. The van der Waals surface area contributed by atoms with Crippen LogP contribution in [0.2, 0.25) is 10.0 Å². The van der Waals surface area contributed by atoms with Crippen molar-refractivity contribution < 1.29 is 14.3 Å². The molecule has 1 aliphatic heterocycles. The van der Waals surface area contributed by atoms with Crippen LogP contribution in [0.15, 0.2) is 72.8 Å². The normalized spacial score (nSPS) is 19.0. The molecular weight excluding hydrogens is 497 g/mol. The number of fused-ring (bicyclic) bond motifs is 2. The fourth-order valence-corrected chi connectivity index (χ4v) is 5.57. The molecule has 0 spiro atoms. The molecule has 1 atom stereocenters. The maximum Gasteiger partial charge on any atom is 0.414 e. The number of amides is 2. The molecule has 4 aromatic rings. The van der Waals surface area contributed by atoms with Gasteiger partial charge in [-0.05, 0) is 55.2 Å². The SMILES string of the molecule is O=C(NC1CCC1)Oc1cc2ccccc2n1C1(Cc2cccc(Cl)c2)C(=O)Nc2cc(Cl)ccc21. The van der Waals surface area contributed by atoms with Gasteiger partial charge in [0.2, 0.25) is 5.88 Å². The van der Waals surface area contributed by atoms with Crippen molar-refractivity contribution in [2.45, 2.75) is 37.3 Å². The van der Waals surface area contributed by atoms with E-state index in [9.17, 15) is 9.59 Å². The van der Waals surface area contributed by atoms with Crippen LogP contribution in [0.4, 0.5) is 10.5 Å². The van der Waals surface area contributed by atoms with Crippen molar-refractivity contribution in [3.8, 4) is 5.88 Å². The maximum atomic E-state index is 14.0. The highest BCUT2D eigenvalue weighted by Gasteiger charge is 2.50. The number of rotatable bonds is 5. The van der Waals surface area contributed by atoms with Crippen molar-refractivity contribution in [3.05, 3.63) is 94.0 Å². The van der Waals surface area contributed by atoms with Crippen LogP contribution in [-0.2, 0) is 16.8 Å². The Morgan fingerprint density at radius 1 is 1.03 bits per heavy atom. The summed E-state index contributed by atoms with van der Waals surface area (Å²) in [6, 6.07) is 22.4. The van der Waals surface area contributed by atoms with E-state index in [2.05, 4.69) is 10.6 Å². The number of halogens is 2. The summed E-state index contributed by atoms with van der Waals surface area (Å²) in [7, 11) is 0. The second kappa shape index (κ2) is 8.87. The zero-order chi connectivity index (χ0) is 24.9. The van der Waals surface area contributed by atoms with E-state index in [0.29, 0.717) is 15.7 Å². The zero-order valence-electron chi connectivity index (χ0n) is 19.3. The van der Waals surface area contributed by atoms with Crippen LogP contribution in [0.25, 0.3) is 10.9 Å². The molecule has 3 aromatic carbocycles. The summed E-state index contributed by atoms with van der Waals surface area (Å²) < 4.78 is 7.74. The van der Waals surface area contributed by atoms with Crippen LogP contribution in [0, 0.1) is 0 Å². The number of aromatic nitrogens is 1. The summed E-state index contributed by atoms with van der Waals surface area (Å²) in [4.78, 5) is 26.9. The summed E-state index contributed by atoms with van der Waals surface area (Å²) in [6.07, 6.45) is 2.72. The van der Waals surface area contributed by atoms with Crippen LogP contribution in [0.3, 0.4) is 0 Å². The second-order valence-corrected chi connectivity index (χ2v) is 10.2. The molecule has 1 aliphatic carbocycles. The quantitative estimate of drug-likeness (QED) is 0.315. The van der Waals surface area contributed by atoms with E-state index in [1.807, 2.05) is 53.1 Å². The number of para-hydroxylation sites is 1. The van der Waals surface area contributed by atoms with Gasteiger partial charge in [-0.25, -0.2) is 4.79 Å². The first kappa shape index (κ1) is 23.0. The van der Waals surface area contributed by atoms with Gasteiger partial charge in [0.05, 0.1) is 5.52 Å². The average Bonchev–Trinajstić information content (AvgIpc) is 3.30. The molecule has 6 rings (SSSR count). The molecule has 8 heteroatoms. The maximum absolute atomic E-state index is 14.0. The summed E-state index contributed by atoms with van der Waals surface area (Å²) in [5.41, 5.74) is 1.74. The number of ether oxygens (including phenoxy) is 1. The molecule has 6 nitrogen and oxygen atoms in total. The molecule has 2 amide bonds. The average molecular weight is 520 g/mol. The van der Waals surface area contributed by atoms with E-state index in [1.165, 1.54) is 0 Å². The van der Waals surface area contributed by atoms with E-state index in [1.54, 1.807) is 24.3 Å².